The predicted molar refractivity (Wildman–Crippen MR) is 58.5 cm³/mol. The quantitative estimate of drug-likeness (QED) is 0.785. The van der Waals surface area contributed by atoms with Crippen molar-refractivity contribution in [1.29, 1.82) is 0 Å². The first-order valence-electron chi connectivity index (χ1n) is 3.25. The fraction of sp³-hybridized carbons (Fsp3) is 0.250. The number of hydrogen-bond acceptors (Lipinski definition) is 3. The van der Waals surface area contributed by atoms with Crippen LogP contribution in [0.1, 0.15) is 0 Å². The van der Waals surface area contributed by atoms with Gasteiger partial charge in [-0.2, -0.15) is 0 Å². The van der Waals surface area contributed by atoms with E-state index in [-0.39, 0.29) is 24.8 Å². The summed E-state index contributed by atoms with van der Waals surface area (Å²) in [5.41, 5.74) is 6.19. The zero-order valence-electron chi connectivity index (χ0n) is 7.44. The Balaban J connectivity index is 0. The Morgan fingerprint density at radius 3 is 2.15 bits per heavy atom. The summed E-state index contributed by atoms with van der Waals surface area (Å²) >= 11 is 0. The van der Waals surface area contributed by atoms with Crippen LogP contribution in [0.5, 0.6) is 11.5 Å². The summed E-state index contributed by atoms with van der Waals surface area (Å²) in [6.45, 7) is 0. The van der Waals surface area contributed by atoms with Crippen LogP contribution >= 0.6 is 24.8 Å². The fourth-order valence-corrected chi connectivity index (χ4v) is 0.818. The third-order valence-corrected chi connectivity index (χ3v) is 1.44. The number of rotatable bonds is 2. The molecule has 3 nitrogen and oxygen atoms in total. The molecule has 0 bridgehead atoms. The van der Waals surface area contributed by atoms with Crippen molar-refractivity contribution in [3.63, 3.8) is 0 Å². The van der Waals surface area contributed by atoms with Gasteiger partial charge in [0.25, 0.3) is 0 Å². The molecule has 1 rings (SSSR count). The standard InChI is InChI=1S/C8H11NO2.2ClH/c1-10-6-3-4-7(9)8(5-6)11-2;;/h3-5H,9H2,1-2H3;2*1H. The van der Waals surface area contributed by atoms with E-state index < -0.39 is 0 Å². The van der Waals surface area contributed by atoms with Gasteiger partial charge in [-0.1, -0.05) is 0 Å². The SMILES string of the molecule is COc1ccc(N)c(OC)c1.Cl.Cl. The maximum atomic E-state index is 5.57. The minimum atomic E-state index is 0. The van der Waals surface area contributed by atoms with Crippen LogP contribution in [0.4, 0.5) is 5.69 Å². The molecule has 0 fully saturated rings. The van der Waals surface area contributed by atoms with Gasteiger partial charge in [0.2, 0.25) is 0 Å². The van der Waals surface area contributed by atoms with Crippen LogP contribution in [-0.2, 0) is 0 Å². The number of nitrogen functional groups attached to an aromatic ring is 1. The van der Waals surface area contributed by atoms with Crippen molar-refractivity contribution in [3.05, 3.63) is 18.2 Å². The number of methoxy groups -OCH3 is 2. The maximum Gasteiger partial charge on any atom is 0.145 e. The van der Waals surface area contributed by atoms with Crippen molar-refractivity contribution in [1.82, 2.24) is 0 Å². The Labute approximate surface area is 90.0 Å². The minimum Gasteiger partial charge on any atom is -0.497 e. The van der Waals surface area contributed by atoms with Crippen molar-refractivity contribution in [2.75, 3.05) is 20.0 Å². The molecule has 0 aromatic heterocycles. The molecule has 2 N–H and O–H groups in total. The molecule has 0 atom stereocenters. The maximum absolute atomic E-state index is 5.57. The first-order chi connectivity index (χ1) is 5.27. The molecule has 1 aromatic rings. The van der Waals surface area contributed by atoms with Crippen molar-refractivity contribution in [3.8, 4) is 11.5 Å². The molecular formula is C8H13Cl2NO2. The first kappa shape index (κ1) is 14.7. The zero-order valence-corrected chi connectivity index (χ0v) is 9.08. The average Bonchev–Trinajstić information content (AvgIpc) is 2.05. The third-order valence-electron chi connectivity index (χ3n) is 1.44. The lowest BCUT2D eigenvalue weighted by molar-refractivity contribution is 0.395. The first-order valence-corrected chi connectivity index (χ1v) is 3.25. The van der Waals surface area contributed by atoms with Gasteiger partial charge >= 0.3 is 0 Å². The van der Waals surface area contributed by atoms with E-state index in [1.807, 2.05) is 0 Å². The Morgan fingerprint density at radius 1 is 1.08 bits per heavy atom. The van der Waals surface area contributed by atoms with E-state index in [1.165, 1.54) is 0 Å². The lowest BCUT2D eigenvalue weighted by Crippen LogP contribution is -1.92. The summed E-state index contributed by atoms with van der Waals surface area (Å²) in [6, 6.07) is 5.28. The van der Waals surface area contributed by atoms with Crippen LogP contribution < -0.4 is 15.2 Å². The van der Waals surface area contributed by atoms with E-state index in [0.717, 1.165) is 5.75 Å². The summed E-state index contributed by atoms with van der Waals surface area (Å²) in [7, 11) is 3.18. The molecule has 5 heteroatoms. The number of nitrogens with two attached hydrogens (primary N) is 1. The molecule has 76 valence electrons. The highest BCUT2D eigenvalue weighted by Crippen LogP contribution is 2.25. The molecular weight excluding hydrogens is 213 g/mol. The molecule has 0 aliphatic heterocycles. The summed E-state index contributed by atoms with van der Waals surface area (Å²) in [6.07, 6.45) is 0. The van der Waals surface area contributed by atoms with Crippen molar-refractivity contribution >= 4 is 30.5 Å². The van der Waals surface area contributed by atoms with Crippen molar-refractivity contribution in [2.45, 2.75) is 0 Å². The number of hydrogen-bond donors (Lipinski definition) is 1. The second kappa shape index (κ2) is 6.69. The Morgan fingerprint density at radius 2 is 1.69 bits per heavy atom. The molecule has 0 radical (unpaired) electrons. The highest BCUT2D eigenvalue weighted by molar-refractivity contribution is 5.85. The topological polar surface area (TPSA) is 44.5 Å². The van der Waals surface area contributed by atoms with E-state index >= 15 is 0 Å². The molecule has 0 saturated carbocycles. The van der Waals surface area contributed by atoms with Gasteiger partial charge in [-0.25, -0.2) is 0 Å². The minimum absolute atomic E-state index is 0. The molecule has 0 amide bonds. The molecule has 0 saturated heterocycles. The molecule has 0 aliphatic rings. The highest BCUT2D eigenvalue weighted by Gasteiger charge is 1.99. The van der Waals surface area contributed by atoms with Crippen LogP contribution in [0.3, 0.4) is 0 Å². The number of ether oxygens (including phenoxy) is 2. The van der Waals surface area contributed by atoms with Crippen LogP contribution in [0.15, 0.2) is 18.2 Å². The summed E-state index contributed by atoms with van der Waals surface area (Å²) in [5.74, 6) is 1.39. The molecule has 0 spiro atoms. The molecule has 1 aromatic carbocycles. The largest absolute Gasteiger partial charge is 0.497 e. The van der Waals surface area contributed by atoms with E-state index in [0.29, 0.717) is 11.4 Å². The van der Waals surface area contributed by atoms with Gasteiger partial charge in [0, 0.05) is 6.07 Å². The lowest BCUT2D eigenvalue weighted by atomic mass is 10.3. The normalized spacial score (nSPS) is 7.85. The molecule has 0 unspecified atom stereocenters. The second-order valence-electron chi connectivity index (χ2n) is 2.11. The Hall–Kier alpha value is -0.800. The third kappa shape index (κ3) is 3.61. The van der Waals surface area contributed by atoms with E-state index in [1.54, 1.807) is 32.4 Å². The van der Waals surface area contributed by atoms with Gasteiger partial charge in [0.05, 0.1) is 19.9 Å². The number of halogens is 2. The highest BCUT2D eigenvalue weighted by atomic mass is 35.5. The van der Waals surface area contributed by atoms with Gasteiger partial charge < -0.3 is 15.2 Å². The number of benzene rings is 1. The monoisotopic (exact) mass is 225 g/mol. The summed E-state index contributed by atoms with van der Waals surface area (Å²) in [5, 5.41) is 0. The van der Waals surface area contributed by atoms with Crippen molar-refractivity contribution < 1.29 is 9.47 Å². The van der Waals surface area contributed by atoms with Gasteiger partial charge in [-0.05, 0) is 12.1 Å². The van der Waals surface area contributed by atoms with Crippen LogP contribution in [0.2, 0.25) is 0 Å². The second-order valence-corrected chi connectivity index (χ2v) is 2.11. The zero-order chi connectivity index (χ0) is 8.27. The van der Waals surface area contributed by atoms with Gasteiger partial charge in [0.15, 0.2) is 0 Å². The molecule has 0 heterocycles. The average molecular weight is 226 g/mol. The smallest absolute Gasteiger partial charge is 0.145 e. The molecule has 0 aliphatic carbocycles. The van der Waals surface area contributed by atoms with Gasteiger partial charge in [0.1, 0.15) is 11.5 Å². The lowest BCUT2D eigenvalue weighted by Gasteiger charge is -2.05. The summed E-state index contributed by atoms with van der Waals surface area (Å²) in [4.78, 5) is 0. The number of anilines is 1. The van der Waals surface area contributed by atoms with Crippen molar-refractivity contribution in [2.24, 2.45) is 0 Å². The van der Waals surface area contributed by atoms with Crippen LogP contribution in [-0.4, -0.2) is 14.2 Å². The fourth-order valence-electron chi connectivity index (χ4n) is 0.818. The predicted octanol–water partition coefficient (Wildman–Crippen LogP) is 2.13. The van der Waals surface area contributed by atoms with E-state index in [4.69, 9.17) is 15.2 Å². The Bertz CT molecular complexity index is 256. The molecule has 13 heavy (non-hydrogen) atoms. The van der Waals surface area contributed by atoms with E-state index in [2.05, 4.69) is 0 Å². The Kier molecular flexibility index (Phi) is 7.57. The van der Waals surface area contributed by atoms with Gasteiger partial charge in [-0.3, -0.25) is 0 Å². The van der Waals surface area contributed by atoms with Crippen LogP contribution in [0, 0.1) is 0 Å². The van der Waals surface area contributed by atoms with E-state index in [9.17, 15) is 0 Å². The van der Waals surface area contributed by atoms with Gasteiger partial charge in [-0.15, -0.1) is 24.8 Å². The summed E-state index contributed by atoms with van der Waals surface area (Å²) < 4.78 is 9.96. The van der Waals surface area contributed by atoms with Crippen LogP contribution in [0.25, 0.3) is 0 Å².